The van der Waals surface area contributed by atoms with E-state index in [1.807, 2.05) is 24.3 Å². The van der Waals surface area contributed by atoms with Gasteiger partial charge >= 0.3 is 0 Å². The molecule has 0 unspecified atom stereocenters. The van der Waals surface area contributed by atoms with E-state index in [9.17, 15) is 5.11 Å². The Bertz CT molecular complexity index is 732. The van der Waals surface area contributed by atoms with E-state index in [1.54, 1.807) is 19.2 Å². The largest absolute Gasteiger partial charge is 0.504 e. The van der Waals surface area contributed by atoms with Gasteiger partial charge in [0.25, 0.3) is 0 Å². The summed E-state index contributed by atoms with van der Waals surface area (Å²) in [5.41, 5.74) is 1.46. The fourth-order valence-electron chi connectivity index (χ4n) is 2.09. The molecule has 5 heteroatoms. The van der Waals surface area contributed by atoms with E-state index in [1.165, 1.54) is 6.26 Å². The van der Waals surface area contributed by atoms with Gasteiger partial charge in [-0.05, 0) is 29.8 Å². The summed E-state index contributed by atoms with van der Waals surface area (Å²) in [4.78, 5) is 0. The molecule has 4 nitrogen and oxygen atoms in total. The first-order valence-corrected chi connectivity index (χ1v) is 6.83. The molecular weight excluding hydrogens is 322 g/mol. The second kappa shape index (κ2) is 5.09. The quantitative estimate of drug-likeness (QED) is 0.728. The van der Waals surface area contributed by atoms with Crippen LogP contribution in [0.3, 0.4) is 0 Å². The molecule has 0 fully saturated rings. The van der Waals surface area contributed by atoms with Gasteiger partial charge in [0, 0.05) is 11.5 Å². The van der Waals surface area contributed by atoms with E-state index in [0.29, 0.717) is 23.0 Å². The van der Waals surface area contributed by atoms with Crippen molar-refractivity contribution in [3.63, 3.8) is 0 Å². The first-order chi connectivity index (χ1) is 9.70. The van der Waals surface area contributed by atoms with Crippen LogP contribution in [0.4, 0.5) is 5.88 Å². The van der Waals surface area contributed by atoms with Gasteiger partial charge in [0.2, 0.25) is 11.6 Å². The number of nitrogens with one attached hydrogen (secondary N) is 1. The van der Waals surface area contributed by atoms with Crippen LogP contribution in [0.15, 0.2) is 56.0 Å². The van der Waals surface area contributed by atoms with E-state index in [2.05, 4.69) is 21.2 Å². The Morgan fingerprint density at radius 2 is 2.05 bits per heavy atom. The van der Waals surface area contributed by atoms with Crippen LogP contribution < -0.4 is 5.32 Å². The van der Waals surface area contributed by atoms with Crippen molar-refractivity contribution in [2.24, 2.45) is 0 Å². The third-order valence-corrected chi connectivity index (χ3v) is 3.46. The number of hydrogen-bond donors (Lipinski definition) is 2. The summed E-state index contributed by atoms with van der Waals surface area (Å²) in [7, 11) is 1.74. The first-order valence-electron chi connectivity index (χ1n) is 6.04. The van der Waals surface area contributed by atoms with Gasteiger partial charge in [-0.15, -0.1) is 0 Å². The lowest BCUT2D eigenvalue weighted by molar-refractivity contribution is 0.456. The molecule has 0 saturated carbocycles. The molecule has 0 radical (unpaired) electrons. The van der Waals surface area contributed by atoms with Gasteiger partial charge in [0.1, 0.15) is 0 Å². The smallest absolute Gasteiger partial charge is 0.214 e. The second-order valence-corrected chi connectivity index (χ2v) is 5.14. The number of rotatable bonds is 3. The minimum Gasteiger partial charge on any atom is -0.504 e. The maximum absolute atomic E-state index is 10.4. The van der Waals surface area contributed by atoms with Crippen LogP contribution in [0.1, 0.15) is 0 Å². The summed E-state index contributed by atoms with van der Waals surface area (Å²) < 4.78 is 11.9. The lowest BCUT2D eigenvalue weighted by Gasteiger charge is -2.02. The maximum atomic E-state index is 10.4. The Morgan fingerprint density at radius 1 is 1.20 bits per heavy atom. The predicted molar refractivity (Wildman–Crippen MR) is 80.8 cm³/mol. The average Bonchev–Trinajstić information content (AvgIpc) is 3.05. The molecule has 102 valence electrons. The van der Waals surface area contributed by atoms with Gasteiger partial charge in [-0.25, -0.2) is 0 Å². The van der Waals surface area contributed by atoms with Crippen LogP contribution in [0.5, 0.6) is 5.75 Å². The lowest BCUT2D eigenvalue weighted by Crippen LogP contribution is -1.87. The second-order valence-electron chi connectivity index (χ2n) is 4.22. The molecule has 0 aliphatic carbocycles. The van der Waals surface area contributed by atoms with Crippen molar-refractivity contribution >= 4 is 21.8 Å². The molecule has 0 bridgehead atoms. The molecule has 2 heterocycles. The third-order valence-electron chi connectivity index (χ3n) is 2.97. The van der Waals surface area contributed by atoms with Gasteiger partial charge in [-0.1, -0.05) is 28.1 Å². The summed E-state index contributed by atoms with van der Waals surface area (Å²) in [5, 5.41) is 13.4. The molecule has 0 spiro atoms. The van der Waals surface area contributed by atoms with Gasteiger partial charge in [0.15, 0.2) is 11.5 Å². The number of furan rings is 2. The fourth-order valence-corrected chi connectivity index (χ4v) is 2.48. The number of hydrogen-bond acceptors (Lipinski definition) is 4. The van der Waals surface area contributed by atoms with Gasteiger partial charge < -0.3 is 19.3 Å². The number of benzene rings is 1. The van der Waals surface area contributed by atoms with Crippen molar-refractivity contribution in [3.8, 4) is 28.4 Å². The highest BCUT2D eigenvalue weighted by molar-refractivity contribution is 9.10. The number of aromatic hydroxyl groups is 1. The minimum atomic E-state index is 0.0578. The summed E-state index contributed by atoms with van der Waals surface area (Å²) in [5.74, 6) is 1.35. The molecule has 0 aliphatic heterocycles. The van der Waals surface area contributed by atoms with E-state index < -0.39 is 0 Å². The third kappa shape index (κ3) is 2.10. The van der Waals surface area contributed by atoms with Crippen molar-refractivity contribution in [1.29, 1.82) is 0 Å². The standard InChI is InChI=1S/C15H12BrNO3/c1-17-15-12(9-4-2-5-10(16)8-9)13(18)14(20-15)11-6-3-7-19-11/h2-8,17-18H,1H3. The molecule has 0 amide bonds. The highest BCUT2D eigenvalue weighted by Crippen LogP contribution is 2.46. The Kier molecular flexibility index (Phi) is 3.28. The van der Waals surface area contributed by atoms with E-state index >= 15 is 0 Å². The summed E-state index contributed by atoms with van der Waals surface area (Å²) >= 11 is 3.42. The van der Waals surface area contributed by atoms with Crippen molar-refractivity contribution in [1.82, 2.24) is 0 Å². The molecule has 1 aromatic carbocycles. The highest BCUT2D eigenvalue weighted by atomic mass is 79.9. The molecule has 3 aromatic rings. The van der Waals surface area contributed by atoms with Gasteiger partial charge in [0.05, 0.1) is 11.8 Å². The van der Waals surface area contributed by atoms with Crippen LogP contribution in [-0.4, -0.2) is 12.2 Å². The monoisotopic (exact) mass is 333 g/mol. The van der Waals surface area contributed by atoms with Gasteiger partial charge in [-0.3, -0.25) is 0 Å². The Morgan fingerprint density at radius 3 is 2.70 bits per heavy atom. The normalized spacial score (nSPS) is 10.7. The number of anilines is 1. The topological polar surface area (TPSA) is 58.5 Å². The summed E-state index contributed by atoms with van der Waals surface area (Å²) in [6, 6.07) is 11.1. The van der Waals surface area contributed by atoms with E-state index in [4.69, 9.17) is 8.83 Å². The fraction of sp³-hybridized carbons (Fsp3) is 0.0667. The molecule has 0 saturated heterocycles. The molecule has 0 aliphatic rings. The molecule has 3 rings (SSSR count). The van der Waals surface area contributed by atoms with Crippen LogP contribution in [-0.2, 0) is 0 Å². The Hall–Kier alpha value is -2.14. The molecule has 20 heavy (non-hydrogen) atoms. The average molecular weight is 334 g/mol. The minimum absolute atomic E-state index is 0.0578. The van der Waals surface area contributed by atoms with Crippen LogP contribution in [0.2, 0.25) is 0 Å². The zero-order chi connectivity index (χ0) is 14.1. The van der Waals surface area contributed by atoms with Crippen molar-refractivity contribution in [2.45, 2.75) is 0 Å². The van der Waals surface area contributed by atoms with E-state index in [0.717, 1.165) is 10.0 Å². The summed E-state index contributed by atoms with van der Waals surface area (Å²) in [6.07, 6.45) is 1.54. The maximum Gasteiger partial charge on any atom is 0.214 e. The van der Waals surface area contributed by atoms with Crippen LogP contribution in [0, 0.1) is 0 Å². The van der Waals surface area contributed by atoms with Gasteiger partial charge in [-0.2, -0.15) is 0 Å². The van der Waals surface area contributed by atoms with Crippen molar-refractivity contribution in [3.05, 3.63) is 47.1 Å². The predicted octanol–water partition coefficient (Wildman–Crippen LogP) is 4.72. The first kappa shape index (κ1) is 12.9. The highest BCUT2D eigenvalue weighted by Gasteiger charge is 2.23. The Labute approximate surface area is 124 Å². The lowest BCUT2D eigenvalue weighted by atomic mass is 10.1. The zero-order valence-electron chi connectivity index (χ0n) is 10.7. The molecule has 2 N–H and O–H groups in total. The molecular formula is C15H12BrNO3. The SMILES string of the molecule is CNc1oc(-c2ccco2)c(O)c1-c1cccc(Br)c1. The van der Waals surface area contributed by atoms with E-state index in [-0.39, 0.29) is 5.75 Å². The zero-order valence-corrected chi connectivity index (χ0v) is 12.3. The van der Waals surface area contributed by atoms with Crippen LogP contribution in [0.25, 0.3) is 22.6 Å². The Balaban J connectivity index is 2.20. The molecule has 0 atom stereocenters. The number of halogens is 1. The van der Waals surface area contributed by atoms with Crippen LogP contribution >= 0.6 is 15.9 Å². The van der Waals surface area contributed by atoms with Crippen molar-refractivity contribution < 1.29 is 13.9 Å². The van der Waals surface area contributed by atoms with Crippen molar-refractivity contribution in [2.75, 3.05) is 12.4 Å². The molecule has 2 aromatic heterocycles. The summed E-state index contributed by atoms with van der Waals surface area (Å²) in [6.45, 7) is 0.